The number of hydrogen-bond acceptors (Lipinski definition) is 6. The quantitative estimate of drug-likeness (QED) is 0.322. The summed E-state index contributed by atoms with van der Waals surface area (Å²) in [7, 11) is 1.59. The first kappa shape index (κ1) is 28.1. The Kier molecular flexibility index (Phi) is 7.96. The molecule has 1 aliphatic heterocycles. The number of aryl methyl sites for hydroxylation is 1. The van der Waals surface area contributed by atoms with Gasteiger partial charge in [-0.2, -0.15) is 0 Å². The molecule has 2 aromatic carbocycles. The van der Waals surface area contributed by atoms with Crippen molar-refractivity contribution in [3.8, 4) is 0 Å². The monoisotopic (exact) mass is 573 g/mol. The van der Waals surface area contributed by atoms with Crippen molar-refractivity contribution in [1.29, 1.82) is 0 Å². The van der Waals surface area contributed by atoms with E-state index in [2.05, 4.69) is 15.2 Å². The Labute approximate surface area is 242 Å². The van der Waals surface area contributed by atoms with Crippen LogP contribution in [0.5, 0.6) is 0 Å². The highest BCUT2D eigenvalue weighted by Gasteiger charge is 2.31. The third-order valence-corrected chi connectivity index (χ3v) is 7.64. The third kappa shape index (κ3) is 5.00. The maximum atomic E-state index is 14.3. The Balaban J connectivity index is 0.00000337. The van der Waals surface area contributed by atoms with Crippen LogP contribution in [0.15, 0.2) is 76.4 Å². The molecule has 1 amide bonds. The smallest absolute Gasteiger partial charge is 0.331 e. The largest absolute Gasteiger partial charge is 0.365 e. The van der Waals surface area contributed by atoms with E-state index in [0.717, 1.165) is 35.8 Å². The Hall–Kier alpha value is -4.41. The van der Waals surface area contributed by atoms with E-state index in [1.165, 1.54) is 9.13 Å². The van der Waals surface area contributed by atoms with Gasteiger partial charge in [-0.1, -0.05) is 54.6 Å². The molecule has 3 N–H and O–H groups in total. The molecular formula is C30H32ClN7O3. The predicted octanol–water partition coefficient (Wildman–Crippen LogP) is 2.47. The van der Waals surface area contributed by atoms with E-state index in [4.69, 9.17) is 5.73 Å². The first-order valence-corrected chi connectivity index (χ1v) is 13.4. The second-order valence-corrected chi connectivity index (χ2v) is 10.1. The molecule has 0 unspecified atom stereocenters. The highest BCUT2D eigenvalue weighted by atomic mass is 35.5. The van der Waals surface area contributed by atoms with Gasteiger partial charge in [0.05, 0.1) is 17.8 Å². The molecule has 212 valence electrons. The van der Waals surface area contributed by atoms with E-state index in [0.29, 0.717) is 31.1 Å². The lowest BCUT2D eigenvalue weighted by molar-refractivity contribution is 0.100. The van der Waals surface area contributed by atoms with Crippen molar-refractivity contribution >= 4 is 45.9 Å². The van der Waals surface area contributed by atoms with Crippen LogP contribution in [-0.4, -0.2) is 50.8 Å². The number of halogens is 1. The van der Waals surface area contributed by atoms with Crippen molar-refractivity contribution in [1.82, 2.24) is 24.0 Å². The van der Waals surface area contributed by atoms with Crippen molar-refractivity contribution in [2.24, 2.45) is 12.8 Å². The average Bonchev–Trinajstić information content (AvgIpc) is 3.09. The number of benzene rings is 2. The second-order valence-electron chi connectivity index (χ2n) is 10.1. The van der Waals surface area contributed by atoms with E-state index >= 15 is 0 Å². The fourth-order valence-corrected chi connectivity index (χ4v) is 5.76. The average molecular weight is 574 g/mol. The van der Waals surface area contributed by atoms with E-state index in [9.17, 15) is 14.4 Å². The molecule has 0 radical (unpaired) electrons. The molecule has 4 heterocycles. The first-order chi connectivity index (χ1) is 19.5. The van der Waals surface area contributed by atoms with Crippen LogP contribution >= 0.6 is 12.4 Å². The zero-order valence-electron chi connectivity index (χ0n) is 22.7. The van der Waals surface area contributed by atoms with E-state index in [-0.39, 0.29) is 35.5 Å². The zero-order valence-corrected chi connectivity index (χ0v) is 23.6. The number of fused-ring (bicyclic) bond motifs is 2. The number of carbonyl (C=O) groups is 1. The van der Waals surface area contributed by atoms with Crippen LogP contribution in [0.4, 0.5) is 5.82 Å². The van der Waals surface area contributed by atoms with Crippen molar-refractivity contribution in [3.05, 3.63) is 105 Å². The Bertz CT molecular complexity index is 1850. The van der Waals surface area contributed by atoms with Gasteiger partial charge in [0.15, 0.2) is 0 Å². The molecule has 6 rings (SSSR count). The van der Waals surface area contributed by atoms with Gasteiger partial charge >= 0.3 is 5.69 Å². The Morgan fingerprint density at radius 1 is 0.927 bits per heavy atom. The van der Waals surface area contributed by atoms with Crippen molar-refractivity contribution in [2.45, 2.75) is 19.5 Å². The summed E-state index contributed by atoms with van der Waals surface area (Å²) < 4.78 is 4.45. The second kappa shape index (κ2) is 11.6. The van der Waals surface area contributed by atoms with Crippen LogP contribution in [-0.2, 0) is 20.1 Å². The molecule has 0 aliphatic carbocycles. The van der Waals surface area contributed by atoms with E-state index in [1.807, 2.05) is 65.2 Å². The Morgan fingerprint density at radius 2 is 1.68 bits per heavy atom. The number of hydrogen-bond donors (Lipinski definition) is 2. The van der Waals surface area contributed by atoms with Crippen LogP contribution in [0.3, 0.4) is 0 Å². The summed E-state index contributed by atoms with van der Waals surface area (Å²) >= 11 is 0. The van der Waals surface area contributed by atoms with Gasteiger partial charge < -0.3 is 20.5 Å². The van der Waals surface area contributed by atoms with Gasteiger partial charge in [0.25, 0.3) is 11.5 Å². The molecule has 1 aliphatic rings. The molecule has 3 aromatic heterocycles. The maximum Gasteiger partial charge on any atom is 0.331 e. The molecule has 0 bridgehead atoms. The SMILES string of the molecule is Cl.Cn1c(=O)n(Cc2nccc3ccccc23)c(=O)c2c1c(C(N)=O)c(N1CCCNCC1)n2Cc1ccccc1. The van der Waals surface area contributed by atoms with Crippen LogP contribution in [0.1, 0.15) is 28.0 Å². The summed E-state index contributed by atoms with van der Waals surface area (Å²) in [4.78, 5) is 47.7. The minimum Gasteiger partial charge on any atom is -0.365 e. The molecule has 11 heteroatoms. The molecule has 5 aromatic rings. The number of nitrogens with zero attached hydrogens (tertiary/aromatic N) is 5. The summed E-state index contributed by atoms with van der Waals surface area (Å²) in [5.41, 5.74) is 7.28. The minimum absolute atomic E-state index is 0. The lowest BCUT2D eigenvalue weighted by Gasteiger charge is -2.25. The highest BCUT2D eigenvalue weighted by molar-refractivity contribution is 6.10. The van der Waals surface area contributed by atoms with Crippen LogP contribution in [0.2, 0.25) is 0 Å². The number of pyridine rings is 1. The number of rotatable bonds is 6. The number of aromatic nitrogens is 4. The van der Waals surface area contributed by atoms with Gasteiger partial charge in [0.2, 0.25) is 0 Å². The van der Waals surface area contributed by atoms with Gasteiger partial charge in [0.1, 0.15) is 16.9 Å². The summed E-state index contributed by atoms with van der Waals surface area (Å²) in [6.45, 7) is 3.22. The molecule has 0 atom stereocenters. The highest BCUT2D eigenvalue weighted by Crippen LogP contribution is 2.32. The maximum absolute atomic E-state index is 14.3. The Morgan fingerprint density at radius 3 is 2.46 bits per heavy atom. The molecule has 10 nitrogen and oxygen atoms in total. The van der Waals surface area contributed by atoms with Gasteiger partial charge in [-0.05, 0) is 30.0 Å². The third-order valence-electron chi connectivity index (χ3n) is 7.64. The molecule has 0 saturated carbocycles. The number of anilines is 1. The summed E-state index contributed by atoms with van der Waals surface area (Å²) in [5.74, 6) is -0.102. The van der Waals surface area contributed by atoms with Gasteiger partial charge in [-0.25, -0.2) is 4.79 Å². The fraction of sp³-hybridized carbons (Fsp3) is 0.267. The molecule has 41 heavy (non-hydrogen) atoms. The van der Waals surface area contributed by atoms with Crippen LogP contribution < -0.4 is 27.2 Å². The first-order valence-electron chi connectivity index (χ1n) is 13.4. The van der Waals surface area contributed by atoms with E-state index in [1.54, 1.807) is 13.2 Å². The minimum atomic E-state index is -0.674. The number of carbonyl (C=O) groups excluding carboxylic acids is 1. The van der Waals surface area contributed by atoms with Gasteiger partial charge in [-0.15, -0.1) is 12.4 Å². The predicted molar refractivity (Wildman–Crippen MR) is 163 cm³/mol. The molecule has 1 saturated heterocycles. The molecular weight excluding hydrogens is 542 g/mol. The zero-order chi connectivity index (χ0) is 27.8. The summed E-state index contributed by atoms with van der Waals surface area (Å²) in [5, 5.41) is 5.23. The standard InChI is InChI=1S/C30H31N7O3.ClH/c1-34-25-24(27(31)38)28(35-16-7-13-32-15-17-35)36(18-20-8-3-2-4-9-20)26(25)29(39)37(30(34)40)19-23-22-11-6-5-10-21(22)12-14-33-23;/h2-6,8-12,14,32H,7,13,15-19H2,1H3,(H2,31,38);1H. The number of nitrogens with two attached hydrogens (primary N) is 1. The topological polar surface area (TPSA) is 120 Å². The van der Waals surface area contributed by atoms with E-state index < -0.39 is 17.2 Å². The fourth-order valence-electron chi connectivity index (χ4n) is 5.76. The normalized spacial score (nSPS) is 13.7. The van der Waals surface area contributed by atoms with Crippen LogP contribution in [0, 0.1) is 0 Å². The number of primary amides is 1. The van der Waals surface area contributed by atoms with Crippen LogP contribution in [0.25, 0.3) is 21.8 Å². The lowest BCUT2D eigenvalue weighted by atomic mass is 10.1. The lowest BCUT2D eigenvalue weighted by Crippen LogP contribution is -2.40. The van der Waals surface area contributed by atoms with Gasteiger partial charge in [0, 0.05) is 44.8 Å². The van der Waals surface area contributed by atoms with Gasteiger partial charge in [-0.3, -0.25) is 23.7 Å². The summed E-state index contributed by atoms with van der Waals surface area (Å²) in [6.07, 6.45) is 2.54. The van der Waals surface area contributed by atoms with Crippen molar-refractivity contribution in [3.63, 3.8) is 0 Å². The van der Waals surface area contributed by atoms with Crippen molar-refractivity contribution < 1.29 is 4.79 Å². The number of amides is 1. The molecule has 0 spiro atoms. The summed E-state index contributed by atoms with van der Waals surface area (Å²) in [6, 6.07) is 19.4. The van der Waals surface area contributed by atoms with Crippen molar-refractivity contribution in [2.75, 3.05) is 31.1 Å². The molecule has 1 fully saturated rings. The number of nitrogens with one attached hydrogen (secondary N) is 1.